The average molecular weight is 289 g/mol. The van der Waals surface area contributed by atoms with Crippen molar-refractivity contribution in [2.45, 2.75) is 12.5 Å². The molecule has 1 heterocycles. The molecule has 0 radical (unpaired) electrons. The van der Waals surface area contributed by atoms with E-state index in [1.54, 1.807) is 0 Å². The van der Waals surface area contributed by atoms with Crippen LogP contribution in [-0.2, 0) is 6.18 Å². The van der Waals surface area contributed by atoms with E-state index in [1.165, 1.54) is 0 Å². The van der Waals surface area contributed by atoms with Crippen LogP contribution in [0.1, 0.15) is 16.1 Å². The van der Waals surface area contributed by atoms with Crippen LogP contribution in [-0.4, -0.2) is 24.7 Å². The zero-order valence-corrected chi connectivity index (χ0v) is 9.09. The smallest absolute Gasteiger partial charge is 0.478 e. The lowest BCUT2D eigenvalue weighted by atomic mass is 10.2. The van der Waals surface area contributed by atoms with Crippen LogP contribution in [0, 0.1) is 0 Å². The summed E-state index contributed by atoms with van der Waals surface area (Å²) in [7, 11) is 0.812. The van der Waals surface area contributed by atoms with Gasteiger partial charge in [0.1, 0.15) is 0 Å². The van der Waals surface area contributed by atoms with E-state index in [0.29, 0.717) is 0 Å². The summed E-state index contributed by atoms with van der Waals surface area (Å²) in [5, 5.41) is 0. The molecule has 0 aromatic carbocycles. The zero-order valence-electron chi connectivity index (χ0n) is 9.09. The number of hydrogen-bond donors (Lipinski definition) is 0. The molecule has 1 aromatic rings. The molecule has 1 aromatic heterocycles. The number of aromatic nitrogens is 1. The molecule has 1 rings (SSSR count). The lowest BCUT2D eigenvalue weighted by Gasteiger charge is -2.15. The van der Waals surface area contributed by atoms with Gasteiger partial charge in [-0.2, -0.15) is 13.2 Å². The highest BCUT2D eigenvalue weighted by atomic mass is 19.4. The molecule has 0 saturated carbocycles. The second-order valence-electron chi connectivity index (χ2n) is 3.10. The van der Waals surface area contributed by atoms with Crippen molar-refractivity contribution in [1.82, 2.24) is 4.98 Å². The summed E-state index contributed by atoms with van der Waals surface area (Å²) < 4.78 is 81.2. The number of methoxy groups -OCH3 is 1. The van der Waals surface area contributed by atoms with Crippen molar-refractivity contribution in [2.75, 3.05) is 7.11 Å². The van der Waals surface area contributed by atoms with Crippen LogP contribution in [0.15, 0.2) is 6.07 Å². The number of halogens is 6. The summed E-state index contributed by atoms with van der Waals surface area (Å²) >= 11 is 0. The van der Waals surface area contributed by atoms with Crippen molar-refractivity contribution in [3.63, 3.8) is 0 Å². The minimum atomic E-state index is -5.16. The first-order chi connectivity index (χ1) is 8.58. The topological polar surface area (TPSA) is 48.4 Å². The normalized spacial score (nSPS) is 12.2. The molecule has 0 fully saturated rings. The molecular weight excluding hydrogens is 284 g/mol. The number of ether oxygens (including phenoxy) is 2. The molecule has 0 saturated heterocycles. The number of carbonyl (C=O) groups excluding carboxylic acids is 1. The predicted molar refractivity (Wildman–Crippen MR) is 47.9 cm³/mol. The van der Waals surface area contributed by atoms with Gasteiger partial charge in [-0.1, -0.05) is 0 Å². The van der Waals surface area contributed by atoms with Crippen molar-refractivity contribution < 1.29 is 40.6 Å². The van der Waals surface area contributed by atoms with E-state index in [4.69, 9.17) is 0 Å². The van der Waals surface area contributed by atoms with Crippen LogP contribution in [0.2, 0.25) is 0 Å². The summed E-state index contributed by atoms with van der Waals surface area (Å²) in [5.41, 5.74) is -2.75. The molecule has 0 bridgehead atoms. The summed E-state index contributed by atoms with van der Waals surface area (Å²) in [6, 6.07) is 0.259. The van der Waals surface area contributed by atoms with Gasteiger partial charge in [0.15, 0.2) is 17.7 Å². The van der Waals surface area contributed by atoms with Gasteiger partial charge < -0.3 is 9.47 Å². The maximum absolute atomic E-state index is 12.5. The van der Waals surface area contributed by atoms with E-state index in [2.05, 4.69) is 14.5 Å². The Balaban J connectivity index is 3.40. The number of rotatable bonds is 3. The molecule has 10 heteroatoms. The molecule has 0 unspecified atom stereocenters. The molecule has 0 N–H and O–H groups in total. The Morgan fingerprint density at radius 3 is 2.16 bits per heavy atom. The van der Waals surface area contributed by atoms with Crippen molar-refractivity contribution in [3.05, 3.63) is 17.3 Å². The van der Waals surface area contributed by atoms with Gasteiger partial charge in [0, 0.05) is 5.56 Å². The zero-order chi connectivity index (χ0) is 14.8. The predicted octanol–water partition coefficient (Wildman–Crippen LogP) is 2.82. The van der Waals surface area contributed by atoms with Gasteiger partial charge in [-0.15, -0.1) is 13.2 Å². The van der Waals surface area contributed by atoms with E-state index >= 15 is 0 Å². The monoisotopic (exact) mass is 289 g/mol. The fraction of sp³-hybridized carbons (Fsp3) is 0.333. The highest BCUT2D eigenvalue weighted by Gasteiger charge is 2.39. The Kier molecular flexibility index (Phi) is 3.91. The highest BCUT2D eigenvalue weighted by Crippen LogP contribution is 2.37. The van der Waals surface area contributed by atoms with Gasteiger partial charge >= 0.3 is 12.5 Å². The van der Waals surface area contributed by atoms with Crippen LogP contribution in [0.4, 0.5) is 26.3 Å². The Morgan fingerprint density at radius 2 is 1.79 bits per heavy atom. The van der Waals surface area contributed by atoms with E-state index in [1.807, 2.05) is 0 Å². The molecule has 0 amide bonds. The minimum Gasteiger partial charge on any atom is -0.478 e. The van der Waals surface area contributed by atoms with E-state index < -0.39 is 35.4 Å². The lowest BCUT2D eigenvalue weighted by molar-refractivity contribution is -0.275. The quantitative estimate of drug-likeness (QED) is 0.634. The number of carbonyl (C=O) groups is 1. The van der Waals surface area contributed by atoms with Gasteiger partial charge in [0.2, 0.25) is 0 Å². The van der Waals surface area contributed by atoms with Crippen LogP contribution in [0.25, 0.3) is 0 Å². The van der Waals surface area contributed by atoms with Crippen LogP contribution >= 0.6 is 0 Å². The van der Waals surface area contributed by atoms with Crippen molar-refractivity contribution >= 4 is 6.29 Å². The molecule has 0 aliphatic rings. The molecular formula is C9H5F6NO3. The van der Waals surface area contributed by atoms with Crippen molar-refractivity contribution in [3.8, 4) is 11.6 Å². The third kappa shape index (κ3) is 3.73. The number of aldehydes is 1. The van der Waals surface area contributed by atoms with Gasteiger partial charge in [0.05, 0.1) is 7.11 Å². The molecule has 4 nitrogen and oxygen atoms in total. The Morgan fingerprint density at radius 1 is 1.21 bits per heavy atom. The largest absolute Gasteiger partial charge is 0.573 e. The van der Waals surface area contributed by atoms with Crippen molar-refractivity contribution in [2.24, 2.45) is 0 Å². The number of nitrogens with zero attached hydrogens (tertiary/aromatic N) is 1. The van der Waals surface area contributed by atoms with Crippen LogP contribution in [0.5, 0.6) is 11.6 Å². The average Bonchev–Trinajstić information content (AvgIpc) is 2.24. The number of alkyl halides is 6. The van der Waals surface area contributed by atoms with E-state index in [9.17, 15) is 31.1 Å². The highest BCUT2D eigenvalue weighted by molar-refractivity contribution is 5.78. The molecule has 19 heavy (non-hydrogen) atoms. The SMILES string of the molecule is COc1nc(C(F)(F)F)c(C=O)cc1OC(F)(F)F. The Bertz CT molecular complexity index is 482. The molecule has 0 spiro atoms. The van der Waals surface area contributed by atoms with Gasteiger partial charge in [0.25, 0.3) is 5.88 Å². The Labute approximate surface area is 101 Å². The summed E-state index contributed by atoms with van der Waals surface area (Å²) in [5.74, 6) is -2.17. The molecule has 0 atom stereocenters. The summed E-state index contributed by atoms with van der Waals surface area (Å²) in [4.78, 5) is 13.3. The van der Waals surface area contributed by atoms with E-state index in [0.717, 1.165) is 7.11 Å². The van der Waals surface area contributed by atoms with Crippen molar-refractivity contribution in [1.29, 1.82) is 0 Å². The number of pyridine rings is 1. The molecule has 0 aliphatic heterocycles. The molecule has 106 valence electrons. The van der Waals surface area contributed by atoms with Gasteiger partial charge in [-0.25, -0.2) is 4.98 Å². The fourth-order valence-electron chi connectivity index (χ4n) is 1.15. The summed E-state index contributed by atoms with van der Waals surface area (Å²) in [6.45, 7) is 0. The first-order valence-corrected chi connectivity index (χ1v) is 4.45. The third-order valence-electron chi connectivity index (χ3n) is 1.80. The van der Waals surface area contributed by atoms with Gasteiger partial charge in [-0.3, -0.25) is 4.79 Å². The lowest BCUT2D eigenvalue weighted by Crippen LogP contribution is -2.19. The maximum Gasteiger partial charge on any atom is 0.573 e. The van der Waals surface area contributed by atoms with E-state index in [-0.39, 0.29) is 12.4 Å². The molecule has 0 aliphatic carbocycles. The third-order valence-corrected chi connectivity index (χ3v) is 1.80. The van der Waals surface area contributed by atoms with Crippen LogP contribution < -0.4 is 9.47 Å². The standard InChI is InChI=1S/C9H5F6NO3/c1-18-7-5(19-9(13,14)15)2-4(3-17)6(16-7)8(10,11)12/h2-3H,1H3. The second-order valence-corrected chi connectivity index (χ2v) is 3.10. The second kappa shape index (κ2) is 4.94. The fourth-order valence-corrected chi connectivity index (χ4v) is 1.15. The minimum absolute atomic E-state index is 0.259. The maximum atomic E-state index is 12.5. The number of hydrogen-bond acceptors (Lipinski definition) is 4. The van der Waals surface area contributed by atoms with Gasteiger partial charge in [-0.05, 0) is 6.07 Å². The Hall–Kier alpha value is -2.00. The first-order valence-electron chi connectivity index (χ1n) is 4.45. The van der Waals surface area contributed by atoms with Crippen LogP contribution in [0.3, 0.4) is 0 Å². The first kappa shape index (κ1) is 15.1. The summed E-state index contributed by atoms with van der Waals surface area (Å²) in [6.07, 6.45) is -10.5.